The summed E-state index contributed by atoms with van der Waals surface area (Å²) in [5.74, 6) is 0.376. The molecule has 146 valence electrons. The van der Waals surface area contributed by atoms with Crippen molar-refractivity contribution in [3.8, 4) is 0 Å². The molecule has 0 aromatic heterocycles. The third-order valence-corrected chi connectivity index (χ3v) is 6.22. The fourth-order valence-corrected chi connectivity index (χ4v) is 4.56. The summed E-state index contributed by atoms with van der Waals surface area (Å²) in [5.41, 5.74) is 12.6. The number of rotatable bonds is 5. The van der Waals surface area contributed by atoms with Crippen molar-refractivity contribution in [2.75, 3.05) is 6.54 Å². The molecule has 3 rings (SSSR count). The predicted octanol–water partition coefficient (Wildman–Crippen LogP) is 7.28. The van der Waals surface area contributed by atoms with E-state index in [4.69, 9.17) is 0 Å². The summed E-state index contributed by atoms with van der Waals surface area (Å²) < 4.78 is 0. The zero-order chi connectivity index (χ0) is 20.6. The van der Waals surface area contributed by atoms with Crippen molar-refractivity contribution in [1.82, 2.24) is 4.90 Å². The van der Waals surface area contributed by atoms with Crippen LogP contribution in [0.15, 0.2) is 83.3 Å². The third kappa shape index (κ3) is 3.35. The highest BCUT2D eigenvalue weighted by atomic mass is 15.2. The number of fused-ring (bicyclic) bond motifs is 1. The van der Waals surface area contributed by atoms with Crippen molar-refractivity contribution in [2.45, 2.75) is 47.5 Å². The molecular formula is C27H33N. The first-order valence-electron chi connectivity index (χ1n) is 10.3. The summed E-state index contributed by atoms with van der Waals surface area (Å²) in [6, 6.07) is 6.47. The highest BCUT2D eigenvalue weighted by molar-refractivity contribution is 5.71. The normalized spacial score (nSPS) is 19.2. The number of nitrogens with zero attached hydrogens (tertiary/aromatic N) is 1. The van der Waals surface area contributed by atoms with E-state index in [1.54, 1.807) is 0 Å². The van der Waals surface area contributed by atoms with Crippen molar-refractivity contribution < 1.29 is 0 Å². The lowest BCUT2D eigenvalue weighted by Crippen LogP contribution is -2.24. The fraction of sp³-hybridized carbons (Fsp3) is 0.333. The van der Waals surface area contributed by atoms with E-state index in [1.807, 2.05) is 0 Å². The van der Waals surface area contributed by atoms with Crippen LogP contribution in [0.3, 0.4) is 0 Å². The predicted molar refractivity (Wildman–Crippen MR) is 123 cm³/mol. The number of hydrogen-bond acceptors (Lipinski definition) is 1. The van der Waals surface area contributed by atoms with Crippen LogP contribution in [0.5, 0.6) is 0 Å². The molecule has 0 spiro atoms. The van der Waals surface area contributed by atoms with Gasteiger partial charge in [-0.1, -0.05) is 57.4 Å². The molecular weight excluding hydrogens is 338 g/mol. The SMILES string of the molecule is C=C1C2=CC([C@@H](CC)C(=C)C)=C(CC)C(=C)N2C/C1=C/c1c(C)cccc1C. The van der Waals surface area contributed by atoms with Gasteiger partial charge >= 0.3 is 0 Å². The Balaban J connectivity index is 2.07. The van der Waals surface area contributed by atoms with E-state index in [9.17, 15) is 0 Å². The Kier molecular flexibility index (Phi) is 5.65. The fourth-order valence-electron chi connectivity index (χ4n) is 4.56. The molecule has 0 radical (unpaired) electrons. The Labute approximate surface area is 171 Å². The standard InChI is InChI=1S/C27H33N/c1-9-23(17(3)4)26-15-27-20(7)22(16-28(27)21(8)24(26)10-2)14-25-18(5)12-11-13-19(25)6/h11-15,23H,3,7-10,16H2,1-2,4-6H3/b22-14-/t23-/m0/s1. The Hall–Kier alpha value is -2.54. The lowest BCUT2D eigenvalue weighted by atomic mass is 9.82. The zero-order valence-electron chi connectivity index (χ0n) is 18.2. The van der Waals surface area contributed by atoms with Crippen molar-refractivity contribution in [1.29, 1.82) is 0 Å². The topological polar surface area (TPSA) is 3.24 Å². The molecule has 0 amide bonds. The first kappa shape index (κ1) is 20.2. The quantitative estimate of drug-likeness (QED) is 0.492. The van der Waals surface area contributed by atoms with Gasteiger partial charge in [0.05, 0.1) is 0 Å². The zero-order valence-corrected chi connectivity index (χ0v) is 18.2. The minimum atomic E-state index is 0.376. The van der Waals surface area contributed by atoms with Gasteiger partial charge in [-0.3, -0.25) is 0 Å². The molecule has 0 N–H and O–H groups in total. The van der Waals surface area contributed by atoms with Gasteiger partial charge in [0.25, 0.3) is 0 Å². The van der Waals surface area contributed by atoms with Crippen LogP contribution in [0.4, 0.5) is 0 Å². The molecule has 1 nitrogen and oxygen atoms in total. The Morgan fingerprint density at radius 1 is 1.18 bits per heavy atom. The number of benzene rings is 1. The van der Waals surface area contributed by atoms with Crippen LogP contribution in [0.2, 0.25) is 0 Å². The molecule has 2 aliphatic rings. The third-order valence-electron chi connectivity index (χ3n) is 6.22. The Bertz CT molecular complexity index is 928. The largest absolute Gasteiger partial charge is 0.337 e. The van der Waals surface area contributed by atoms with E-state index in [0.29, 0.717) is 5.92 Å². The molecule has 28 heavy (non-hydrogen) atoms. The van der Waals surface area contributed by atoms with E-state index in [0.717, 1.165) is 30.7 Å². The molecule has 1 saturated heterocycles. The molecule has 0 saturated carbocycles. The average Bonchev–Trinajstić information content (AvgIpc) is 2.95. The summed E-state index contributed by atoms with van der Waals surface area (Å²) >= 11 is 0. The molecule has 2 heterocycles. The van der Waals surface area contributed by atoms with Crippen LogP contribution in [-0.4, -0.2) is 11.4 Å². The van der Waals surface area contributed by atoms with E-state index in [-0.39, 0.29) is 0 Å². The second-order valence-electron chi connectivity index (χ2n) is 8.11. The minimum absolute atomic E-state index is 0.376. The van der Waals surface area contributed by atoms with Crippen LogP contribution in [-0.2, 0) is 0 Å². The van der Waals surface area contributed by atoms with Gasteiger partial charge in [0.2, 0.25) is 0 Å². The lowest BCUT2D eigenvalue weighted by molar-refractivity contribution is 0.500. The van der Waals surface area contributed by atoms with Crippen LogP contribution in [0, 0.1) is 19.8 Å². The van der Waals surface area contributed by atoms with Crippen molar-refractivity contribution >= 4 is 6.08 Å². The van der Waals surface area contributed by atoms with Gasteiger partial charge < -0.3 is 4.90 Å². The monoisotopic (exact) mass is 371 g/mol. The first-order valence-corrected chi connectivity index (χ1v) is 10.3. The van der Waals surface area contributed by atoms with Gasteiger partial charge in [0.1, 0.15) is 0 Å². The number of aryl methyl sites for hydroxylation is 2. The van der Waals surface area contributed by atoms with E-state index in [1.165, 1.54) is 44.7 Å². The molecule has 0 aliphatic carbocycles. The maximum atomic E-state index is 4.48. The van der Waals surface area contributed by atoms with E-state index < -0.39 is 0 Å². The number of hydrogen-bond donors (Lipinski definition) is 0. The second-order valence-corrected chi connectivity index (χ2v) is 8.11. The van der Waals surface area contributed by atoms with Gasteiger partial charge in [-0.2, -0.15) is 0 Å². The first-order chi connectivity index (χ1) is 13.3. The summed E-state index contributed by atoms with van der Waals surface area (Å²) in [6.45, 7) is 25.0. The van der Waals surface area contributed by atoms with Gasteiger partial charge in [0.15, 0.2) is 0 Å². The van der Waals surface area contributed by atoms with Gasteiger partial charge in [-0.25, -0.2) is 0 Å². The Morgan fingerprint density at radius 3 is 2.36 bits per heavy atom. The second kappa shape index (κ2) is 7.83. The van der Waals surface area contributed by atoms with E-state index >= 15 is 0 Å². The molecule has 0 bridgehead atoms. The van der Waals surface area contributed by atoms with E-state index in [2.05, 4.69) is 89.6 Å². The summed E-state index contributed by atoms with van der Waals surface area (Å²) in [5, 5.41) is 0. The average molecular weight is 372 g/mol. The van der Waals surface area contributed by atoms with Gasteiger partial charge in [-0.05, 0) is 84.7 Å². The Morgan fingerprint density at radius 2 is 1.82 bits per heavy atom. The lowest BCUT2D eigenvalue weighted by Gasteiger charge is -2.33. The molecule has 1 aromatic carbocycles. The molecule has 2 aliphatic heterocycles. The van der Waals surface area contributed by atoms with Crippen molar-refractivity contribution in [3.63, 3.8) is 0 Å². The van der Waals surface area contributed by atoms with Crippen LogP contribution >= 0.6 is 0 Å². The maximum Gasteiger partial charge on any atom is 0.0488 e. The minimum Gasteiger partial charge on any atom is -0.337 e. The van der Waals surface area contributed by atoms with Crippen molar-refractivity contribution in [3.05, 3.63) is 100.0 Å². The molecule has 1 fully saturated rings. The van der Waals surface area contributed by atoms with Crippen LogP contribution in [0.1, 0.15) is 50.3 Å². The van der Waals surface area contributed by atoms with Crippen LogP contribution < -0.4 is 0 Å². The van der Waals surface area contributed by atoms with Crippen molar-refractivity contribution in [2.24, 2.45) is 5.92 Å². The molecule has 0 unspecified atom stereocenters. The van der Waals surface area contributed by atoms with Crippen LogP contribution in [0.25, 0.3) is 6.08 Å². The highest BCUT2D eigenvalue weighted by Crippen LogP contribution is 2.44. The molecule has 1 atom stereocenters. The summed E-state index contributed by atoms with van der Waals surface area (Å²) in [4.78, 5) is 2.34. The smallest absolute Gasteiger partial charge is 0.0488 e. The van der Waals surface area contributed by atoms with Gasteiger partial charge in [-0.15, -0.1) is 0 Å². The highest BCUT2D eigenvalue weighted by Gasteiger charge is 2.33. The summed E-state index contributed by atoms with van der Waals surface area (Å²) in [7, 11) is 0. The summed E-state index contributed by atoms with van der Waals surface area (Å²) in [6.07, 6.45) is 6.72. The van der Waals surface area contributed by atoms with Gasteiger partial charge in [0, 0.05) is 23.9 Å². The number of allylic oxidation sites excluding steroid dienone is 5. The maximum absolute atomic E-state index is 4.48. The molecule has 1 aromatic rings. The molecule has 1 heteroatoms.